The van der Waals surface area contributed by atoms with E-state index in [0.29, 0.717) is 0 Å². The molecule has 0 N–H and O–H groups in total. The van der Waals surface area contributed by atoms with Gasteiger partial charge in [0.25, 0.3) is 0 Å². The summed E-state index contributed by atoms with van der Waals surface area (Å²) < 4.78 is 0. The van der Waals surface area contributed by atoms with Crippen molar-refractivity contribution in [1.29, 1.82) is 0 Å². The largest absolute Gasteiger partial charge is 0.100 e. The van der Waals surface area contributed by atoms with E-state index in [2.05, 4.69) is 27.4 Å². The molecule has 0 spiro atoms. The van der Waals surface area contributed by atoms with Crippen LogP contribution in [0.5, 0.6) is 0 Å². The van der Waals surface area contributed by atoms with Gasteiger partial charge in [0.1, 0.15) is 0 Å². The topological polar surface area (TPSA) is 0 Å². The monoisotopic (exact) mass is 208 g/mol. The number of allylic oxidation sites excluding steroid dienone is 1. The van der Waals surface area contributed by atoms with Gasteiger partial charge in [0, 0.05) is 0 Å². The van der Waals surface area contributed by atoms with E-state index in [1.807, 2.05) is 0 Å². The Morgan fingerprint density at radius 2 is 1.87 bits per heavy atom. The zero-order chi connectivity index (χ0) is 11.3. The molecule has 0 heteroatoms. The second kappa shape index (κ2) is 6.35. The van der Waals surface area contributed by atoms with E-state index in [-0.39, 0.29) is 0 Å². The van der Waals surface area contributed by atoms with Crippen molar-refractivity contribution in [3.8, 4) is 0 Å². The van der Waals surface area contributed by atoms with E-state index in [1.165, 1.54) is 50.5 Å². The zero-order valence-electron chi connectivity index (χ0n) is 10.9. The molecule has 3 atom stereocenters. The van der Waals surface area contributed by atoms with Gasteiger partial charge in [0.2, 0.25) is 0 Å². The van der Waals surface area contributed by atoms with Crippen LogP contribution in [0.4, 0.5) is 0 Å². The molecule has 1 aliphatic rings. The molecule has 1 rings (SSSR count). The third-order valence-electron chi connectivity index (χ3n) is 4.17. The van der Waals surface area contributed by atoms with E-state index < -0.39 is 0 Å². The Kier molecular flexibility index (Phi) is 5.42. The van der Waals surface area contributed by atoms with Crippen molar-refractivity contribution in [1.82, 2.24) is 0 Å². The van der Waals surface area contributed by atoms with Crippen LogP contribution in [0.1, 0.15) is 65.7 Å². The Bertz CT molecular complexity index is 192. The highest BCUT2D eigenvalue weighted by molar-refractivity contribution is 4.87. The minimum atomic E-state index is 0.963. The summed E-state index contributed by atoms with van der Waals surface area (Å²) in [4.78, 5) is 0. The van der Waals surface area contributed by atoms with Crippen LogP contribution < -0.4 is 0 Å². The first-order valence-electron chi connectivity index (χ1n) is 6.74. The summed E-state index contributed by atoms with van der Waals surface area (Å²) in [5.74, 6) is 2.96. The fourth-order valence-electron chi connectivity index (χ4n) is 2.78. The maximum absolute atomic E-state index is 3.96. The predicted molar refractivity (Wildman–Crippen MR) is 69.0 cm³/mol. The quantitative estimate of drug-likeness (QED) is 0.430. The van der Waals surface area contributed by atoms with Crippen LogP contribution in [0.2, 0.25) is 0 Å². The lowest BCUT2D eigenvalue weighted by Gasteiger charge is -2.32. The Morgan fingerprint density at radius 1 is 1.13 bits per heavy atom. The van der Waals surface area contributed by atoms with Gasteiger partial charge in [-0.3, -0.25) is 0 Å². The molecule has 0 bridgehead atoms. The van der Waals surface area contributed by atoms with E-state index in [0.717, 1.165) is 17.8 Å². The minimum Gasteiger partial charge on any atom is -0.100 e. The molecule has 0 aromatic heterocycles. The molecule has 0 aliphatic heterocycles. The molecule has 0 aromatic carbocycles. The molecule has 0 aromatic rings. The maximum atomic E-state index is 3.96. The van der Waals surface area contributed by atoms with Crippen LogP contribution in [-0.2, 0) is 0 Å². The molecule has 0 heterocycles. The average molecular weight is 208 g/mol. The van der Waals surface area contributed by atoms with Crippen molar-refractivity contribution >= 4 is 0 Å². The normalized spacial score (nSPS) is 31.5. The van der Waals surface area contributed by atoms with Gasteiger partial charge in [-0.25, -0.2) is 0 Å². The maximum Gasteiger partial charge on any atom is -0.0326 e. The molecular formula is C15H28. The lowest BCUT2D eigenvalue weighted by molar-refractivity contribution is 0.197. The molecule has 0 amide bonds. The fourth-order valence-corrected chi connectivity index (χ4v) is 2.78. The fraction of sp³-hybridized carbons (Fsp3) is 0.867. The van der Waals surface area contributed by atoms with Gasteiger partial charge in [-0.1, -0.05) is 45.1 Å². The van der Waals surface area contributed by atoms with E-state index in [9.17, 15) is 0 Å². The Morgan fingerprint density at radius 3 is 2.47 bits per heavy atom. The van der Waals surface area contributed by atoms with Crippen LogP contribution in [-0.4, -0.2) is 0 Å². The Balaban J connectivity index is 2.09. The molecule has 0 radical (unpaired) electrons. The SMILES string of the molecule is C=C(C)CCCCC1CCC(C)C(C)C1. The second-order valence-corrected chi connectivity index (χ2v) is 5.84. The summed E-state index contributed by atoms with van der Waals surface area (Å²) in [5.41, 5.74) is 1.35. The zero-order valence-corrected chi connectivity index (χ0v) is 10.9. The number of hydrogen-bond donors (Lipinski definition) is 0. The summed E-state index contributed by atoms with van der Waals surface area (Å²) in [6.07, 6.45) is 9.90. The predicted octanol–water partition coefficient (Wildman–Crippen LogP) is 5.20. The second-order valence-electron chi connectivity index (χ2n) is 5.84. The number of rotatable bonds is 5. The van der Waals surface area contributed by atoms with Gasteiger partial charge in [-0.05, 0) is 43.9 Å². The van der Waals surface area contributed by atoms with Crippen LogP contribution >= 0.6 is 0 Å². The number of unbranched alkanes of at least 4 members (excludes halogenated alkanes) is 1. The van der Waals surface area contributed by atoms with Crippen LogP contribution in [0, 0.1) is 17.8 Å². The lowest BCUT2D eigenvalue weighted by atomic mass is 9.74. The van der Waals surface area contributed by atoms with Gasteiger partial charge in [-0.2, -0.15) is 0 Å². The van der Waals surface area contributed by atoms with E-state index in [4.69, 9.17) is 0 Å². The summed E-state index contributed by atoms with van der Waals surface area (Å²) in [7, 11) is 0. The molecular weight excluding hydrogens is 180 g/mol. The molecule has 0 nitrogen and oxygen atoms in total. The Labute approximate surface area is 96.2 Å². The van der Waals surface area contributed by atoms with Crippen molar-refractivity contribution < 1.29 is 0 Å². The first kappa shape index (κ1) is 12.8. The van der Waals surface area contributed by atoms with E-state index in [1.54, 1.807) is 0 Å². The minimum absolute atomic E-state index is 0.963. The highest BCUT2D eigenvalue weighted by Gasteiger charge is 2.23. The van der Waals surface area contributed by atoms with Crippen molar-refractivity contribution in [3.63, 3.8) is 0 Å². The first-order valence-corrected chi connectivity index (χ1v) is 6.74. The third kappa shape index (κ3) is 4.86. The van der Waals surface area contributed by atoms with Crippen molar-refractivity contribution in [3.05, 3.63) is 12.2 Å². The van der Waals surface area contributed by atoms with Gasteiger partial charge < -0.3 is 0 Å². The summed E-state index contributed by atoms with van der Waals surface area (Å²) in [6, 6.07) is 0. The van der Waals surface area contributed by atoms with Crippen LogP contribution in [0.3, 0.4) is 0 Å². The third-order valence-corrected chi connectivity index (χ3v) is 4.17. The standard InChI is InChI=1S/C15H28/c1-12(2)7-5-6-8-15-10-9-13(3)14(4)11-15/h13-15H,1,5-11H2,2-4H3. The molecule has 15 heavy (non-hydrogen) atoms. The van der Waals surface area contributed by atoms with Gasteiger partial charge >= 0.3 is 0 Å². The van der Waals surface area contributed by atoms with Gasteiger partial charge in [0.05, 0.1) is 0 Å². The first-order chi connectivity index (χ1) is 7.09. The summed E-state index contributed by atoms with van der Waals surface area (Å²) >= 11 is 0. The Hall–Kier alpha value is -0.260. The molecule has 3 unspecified atom stereocenters. The highest BCUT2D eigenvalue weighted by Crippen LogP contribution is 2.35. The highest BCUT2D eigenvalue weighted by atomic mass is 14.3. The van der Waals surface area contributed by atoms with Crippen molar-refractivity contribution in [2.75, 3.05) is 0 Å². The average Bonchev–Trinajstić information content (AvgIpc) is 2.18. The molecule has 1 aliphatic carbocycles. The summed E-state index contributed by atoms with van der Waals surface area (Å²) in [5, 5.41) is 0. The molecule has 88 valence electrons. The van der Waals surface area contributed by atoms with Gasteiger partial charge in [-0.15, -0.1) is 6.58 Å². The van der Waals surface area contributed by atoms with Crippen LogP contribution in [0.15, 0.2) is 12.2 Å². The van der Waals surface area contributed by atoms with Gasteiger partial charge in [0.15, 0.2) is 0 Å². The lowest BCUT2D eigenvalue weighted by Crippen LogP contribution is -2.20. The molecule has 1 fully saturated rings. The van der Waals surface area contributed by atoms with Crippen LogP contribution in [0.25, 0.3) is 0 Å². The van der Waals surface area contributed by atoms with Crippen molar-refractivity contribution in [2.24, 2.45) is 17.8 Å². The van der Waals surface area contributed by atoms with Crippen molar-refractivity contribution in [2.45, 2.75) is 65.7 Å². The number of hydrogen-bond acceptors (Lipinski definition) is 0. The van der Waals surface area contributed by atoms with E-state index >= 15 is 0 Å². The molecule has 1 saturated carbocycles. The smallest absolute Gasteiger partial charge is 0.0326 e. The summed E-state index contributed by atoms with van der Waals surface area (Å²) in [6.45, 7) is 11.0. The molecule has 0 saturated heterocycles.